The zero-order valence-corrected chi connectivity index (χ0v) is 19.3. The molecule has 2 atom stereocenters. The first-order chi connectivity index (χ1) is 16.9. The highest BCUT2D eigenvalue weighted by atomic mass is 16.5. The summed E-state index contributed by atoms with van der Waals surface area (Å²) in [5.41, 5.74) is 6.29. The van der Waals surface area contributed by atoms with Crippen LogP contribution in [-0.2, 0) is 27.3 Å². The second-order valence-electron chi connectivity index (χ2n) is 8.98. The molecule has 0 saturated heterocycles. The molecule has 0 saturated carbocycles. The number of aliphatic carboxylic acids is 1. The van der Waals surface area contributed by atoms with Crippen LogP contribution in [0.25, 0.3) is 11.1 Å². The van der Waals surface area contributed by atoms with Gasteiger partial charge in [-0.2, -0.15) is 0 Å². The minimum atomic E-state index is -1.07. The lowest BCUT2D eigenvalue weighted by molar-refractivity contribution is -0.152. The van der Waals surface area contributed by atoms with Crippen LogP contribution in [0, 0.1) is 0 Å². The second-order valence-corrected chi connectivity index (χ2v) is 8.98. The maximum atomic E-state index is 13.1. The first kappa shape index (κ1) is 22.7. The lowest BCUT2D eigenvalue weighted by Gasteiger charge is -2.36. The van der Waals surface area contributed by atoms with Crippen LogP contribution in [0.2, 0.25) is 0 Å². The van der Waals surface area contributed by atoms with Crippen molar-refractivity contribution in [2.45, 2.75) is 37.9 Å². The van der Waals surface area contributed by atoms with E-state index in [1.54, 1.807) is 6.92 Å². The summed E-state index contributed by atoms with van der Waals surface area (Å²) in [4.78, 5) is 38.9. The van der Waals surface area contributed by atoms with E-state index in [1.807, 2.05) is 60.7 Å². The van der Waals surface area contributed by atoms with Crippen molar-refractivity contribution in [1.82, 2.24) is 10.2 Å². The summed E-state index contributed by atoms with van der Waals surface area (Å²) in [6.07, 6.45) is -0.480. The van der Waals surface area contributed by atoms with E-state index >= 15 is 0 Å². The molecule has 7 heteroatoms. The summed E-state index contributed by atoms with van der Waals surface area (Å²) in [6.45, 7) is 1.86. The molecule has 0 fully saturated rings. The Balaban J connectivity index is 1.24. The lowest BCUT2D eigenvalue weighted by atomic mass is 9.93. The summed E-state index contributed by atoms with van der Waals surface area (Å²) >= 11 is 0. The molecule has 3 aromatic carbocycles. The number of carboxylic acids is 1. The Hall–Kier alpha value is -4.13. The fourth-order valence-electron chi connectivity index (χ4n) is 5.10. The molecule has 178 valence electrons. The summed E-state index contributed by atoms with van der Waals surface area (Å²) in [5, 5.41) is 12.3. The molecule has 3 aromatic rings. The predicted octanol–water partition coefficient (Wildman–Crippen LogP) is 3.95. The lowest BCUT2D eigenvalue weighted by Crippen LogP contribution is -2.54. The summed E-state index contributed by atoms with van der Waals surface area (Å²) in [6, 6.07) is 21.7. The van der Waals surface area contributed by atoms with Gasteiger partial charge in [0, 0.05) is 18.9 Å². The Labute approximate surface area is 203 Å². The van der Waals surface area contributed by atoms with E-state index in [-0.39, 0.29) is 25.5 Å². The monoisotopic (exact) mass is 470 g/mol. The molecular formula is C28H26N2O5. The van der Waals surface area contributed by atoms with Gasteiger partial charge in [-0.25, -0.2) is 9.59 Å². The zero-order chi connectivity index (χ0) is 24.5. The molecule has 0 spiro atoms. The quantitative estimate of drug-likeness (QED) is 0.589. The number of benzene rings is 3. The van der Waals surface area contributed by atoms with Crippen molar-refractivity contribution in [2.75, 3.05) is 6.61 Å². The molecule has 7 nitrogen and oxygen atoms in total. The average Bonchev–Trinajstić information content (AvgIpc) is 3.19. The van der Waals surface area contributed by atoms with Gasteiger partial charge in [0.1, 0.15) is 18.7 Å². The maximum Gasteiger partial charge on any atom is 0.407 e. The van der Waals surface area contributed by atoms with Gasteiger partial charge in [0.2, 0.25) is 5.91 Å². The molecule has 2 aliphatic rings. The third kappa shape index (κ3) is 4.25. The van der Waals surface area contributed by atoms with Gasteiger partial charge < -0.3 is 20.1 Å². The third-order valence-corrected chi connectivity index (χ3v) is 6.87. The summed E-state index contributed by atoms with van der Waals surface area (Å²) in [7, 11) is 0. The Bertz CT molecular complexity index is 1260. The smallest absolute Gasteiger partial charge is 0.407 e. The van der Waals surface area contributed by atoms with Crippen molar-refractivity contribution in [3.05, 3.63) is 95.1 Å². The van der Waals surface area contributed by atoms with Gasteiger partial charge in [-0.3, -0.25) is 4.79 Å². The number of nitrogens with one attached hydrogen (secondary N) is 1. The van der Waals surface area contributed by atoms with Crippen LogP contribution < -0.4 is 5.32 Å². The van der Waals surface area contributed by atoms with Crippen molar-refractivity contribution in [2.24, 2.45) is 0 Å². The van der Waals surface area contributed by atoms with E-state index in [4.69, 9.17) is 4.74 Å². The van der Waals surface area contributed by atoms with Gasteiger partial charge >= 0.3 is 12.1 Å². The number of carbonyl (C=O) groups is 3. The number of ether oxygens (including phenoxy) is 1. The number of carboxylic acid groups (broad SMARTS) is 1. The van der Waals surface area contributed by atoms with Crippen LogP contribution >= 0.6 is 0 Å². The highest BCUT2D eigenvalue weighted by Crippen LogP contribution is 2.44. The highest BCUT2D eigenvalue weighted by molar-refractivity contribution is 5.89. The van der Waals surface area contributed by atoms with E-state index in [0.717, 1.165) is 33.4 Å². The SMILES string of the molecule is C[C@H](NC(=O)OCC1c2ccccc2-c2ccccc21)C(=O)N1Cc2ccccc2CC1C(=O)O. The predicted molar refractivity (Wildman–Crippen MR) is 130 cm³/mol. The first-order valence-corrected chi connectivity index (χ1v) is 11.7. The second kappa shape index (κ2) is 9.25. The van der Waals surface area contributed by atoms with E-state index in [9.17, 15) is 19.5 Å². The van der Waals surface area contributed by atoms with Crippen LogP contribution in [0.5, 0.6) is 0 Å². The molecule has 2 N–H and O–H groups in total. The van der Waals surface area contributed by atoms with Gasteiger partial charge in [0.15, 0.2) is 0 Å². The normalized spacial score (nSPS) is 17.1. The minimum absolute atomic E-state index is 0.0888. The highest BCUT2D eigenvalue weighted by Gasteiger charge is 2.37. The van der Waals surface area contributed by atoms with Crippen LogP contribution in [0.3, 0.4) is 0 Å². The number of rotatable bonds is 5. The maximum absolute atomic E-state index is 13.1. The fourth-order valence-corrected chi connectivity index (χ4v) is 5.10. The van der Waals surface area contributed by atoms with Crippen molar-refractivity contribution in [3.63, 3.8) is 0 Å². The van der Waals surface area contributed by atoms with Crippen LogP contribution in [0.4, 0.5) is 4.79 Å². The van der Waals surface area contributed by atoms with E-state index in [2.05, 4.69) is 17.4 Å². The Morgan fingerprint density at radius 1 is 0.943 bits per heavy atom. The third-order valence-electron chi connectivity index (χ3n) is 6.87. The number of amides is 2. The number of alkyl carbamates (subject to hydrolysis) is 1. The van der Waals surface area contributed by atoms with Crippen LogP contribution in [0.15, 0.2) is 72.8 Å². The van der Waals surface area contributed by atoms with Crippen molar-refractivity contribution in [3.8, 4) is 11.1 Å². The molecule has 0 radical (unpaired) electrons. The number of fused-ring (bicyclic) bond motifs is 4. The van der Waals surface area contributed by atoms with Crippen LogP contribution in [-0.4, -0.2) is 46.7 Å². The number of hydrogen-bond donors (Lipinski definition) is 2. The molecule has 1 aliphatic heterocycles. The molecular weight excluding hydrogens is 444 g/mol. The molecule has 0 bridgehead atoms. The standard InChI is InChI=1S/C28H26N2O5/c1-17(26(31)30-15-19-9-3-2-8-18(19)14-25(30)27(32)33)29-28(34)35-16-24-22-12-6-4-10-20(22)21-11-5-7-13-23(21)24/h2-13,17,24-25H,14-16H2,1H3,(H,29,34)(H,32,33)/t17-,25?/m0/s1. The zero-order valence-electron chi connectivity index (χ0n) is 19.3. The first-order valence-electron chi connectivity index (χ1n) is 11.7. The van der Waals surface area contributed by atoms with Gasteiger partial charge in [0.05, 0.1) is 0 Å². The van der Waals surface area contributed by atoms with Gasteiger partial charge in [-0.1, -0.05) is 72.8 Å². The van der Waals surface area contributed by atoms with Gasteiger partial charge in [-0.05, 0) is 40.3 Å². The van der Waals surface area contributed by atoms with E-state index < -0.39 is 30.1 Å². The fraction of sp³-hybridized carbons (Fsp3) is 0.250. The Morgan fingerprint density at radius 2 is 1.51 bits per heavy atom. The number of nitrogens with zero attached hydrogens (tertiary/aromatic N) is 1. The van der Waals surface area contributed by atoms with Crippen molar-refractivity contribution >= 4 is 18.0 Å². The van der Waals surface area contributed by atoms with E-state index in [0.29, 0.717) is 0 Å². The van der Waals surface area contributed by atoms with E-state index in [1.165, 1.54) is 4.90 Å². The van der Waals surface area contributed by atoms with Crippen molar-refractivity contribution in [1.29, 1.82) is 0 Å². The molecule has 2 amide bonds. The van der Waals surface area contributed by atoms with Crippen LogP contribution in [0.1, 0.15) is 35.1 Å². The summed E-state index contributed by atoms with van der Waals surface area (Å²) < 4.78 is 5.54. The molecule has 1 heterocycles. The number of carbonyl (C=O) groups excluding carboxylic acids is 2. The Kier molecular flexibility index (Phi) is 5.99. The largest absolute Gasteiger partial charge is 0.480 e. The molecule has 35 heavy (non-hydrogen) atoms. The minimum Gasteiger partial charge on any atom is -0.480 e. The topological polar surface area (TPSA) is 95.9 Å². The Morgan fingerprint density at radius 3 is 2.14 bits per heavy atom. The molecule has 0 aromatic heterocycles. The van der Waals surface area contributed by atoms with Crippen molar-refractivity contribution < 1.29 is 24.2 Å². The molecule has 1 unspecified atom stereocenters. The molecule has 5 rings (SSSR count). The average molecular weight is 471 g/mol. The van der Waals surface area contributed by atoms with Gasteiger partial charge in [-0.15, -0.1) is 0 Å². The number of hydrogen-bond acceptors (Lipinski definition) is 4. The van der Waals surface area contributed by atoms with Gasteiger partial charge in [0.25, 0.3) is 0 Å². The molecule has 1 aliphatic carbocycles. The summed E-state index contributed by atoms with van der Waals surface area (Å²) in [5.74, 6) is -1.62.